The van der Waals surface area contributed by atoms with Crippen molar-refractivity contribution in [2.45, 2.75) is 26.7 Å². The number of amides is 1. The average Bonchev–Trinajstić information content (AvgIpc) is 2.47. The first-order chi connectivity index (χ1) is 6.19. The molecule has 0 aromatic carbocycles. The lowest BCUT2D eigenvalue weighted by molar-refractivity contribution is -0.139. The van der Waals surface area contributed by atoms with Crippen molar-refractivity contribution in [1.29, 1.82) is 0 Å². The van der Waals surface area contributed by atoms with Crippen LogP contribution in [0.4, 0.5) is 0 Å². The van der Waals surface area contributed by atoms with Gasteiger partial charge in [0.1, 0.15) is 0 Å². The lowest BCUT2D eigenvalue weighted by Gasteiger charge is -2.02. The van der Waals surface area contributed by atoms with Gasteiger partial charge in [-0.25, -0.2) is 4.79 Å². The number of ether oxygens (including phenoxy) is 1. The van der Waals surface area contributed by atoms with Gasteiger partial charge in [0.2, 0.25) is 5.91 Å². The van der Waals surface area contributed by atoms with Gasteiger partial charge in [-0.3, -0.25) is 4.79 Å². The van der Waals surface area contributed by atoms with Crippen LogP contribution in [0, 0.1) is 0 Å². The van der Waals surface area contributed by atoms with Crippen LogP contribution in [0.2, 0.25) is 0 Å². The summed E-state index contributed by atoms with van der Waals surface area (Å²) in [5, 5.41) is 2.63. The molecule has 0 radical (unpaired) electrons. The molecular formula is C9H13NO3. The van der Waals surface area contributed by atoms with Gasteiger partial charge < -0.3 is 10.1 Å². The molecule has 1 rings (SSSR count). The zero-order valence-electron chi connectivity index (χ0n) is 7.85. The second-order valence-electron chi connectivity index (χ2n) is 2.76. The largest absolute Gasteiger partial charge is 0.463 e. The summed E-state index contributed by atoms with van der Waals surface area (Å²) in [5.74, 6) is -0.502. The Morgan fingerprint density at radius 2 is 2.23 bits per heavy atom. The summed E-state index contributed by atoms with van der Waals surface area (Å²) < 4.78 is 4.82. The number of allylic oxidation sites excluding steroid dienone is 1. The van der Waals surface area contributed by atoms with Crippen molar-refractivity contribution in [3.05, 3.63) is 11.3 Å². The summed E-state index contributed by atoms with van der Waals surface area (Å²) in [6, 6.07) is 0. The third-order valence-electron chi connectivity index (χ3n) is 1.87. The quantitative estimate of drug-likeness (QED) is 0.656. The van der Waals surface area contributed by atoms with Crippen molar-refractivity contribution in [2.75, 3.05) is 6.61 Å². The predicted octanol–water partition coefficient (Wildman–Crippen LogP) is 0.734. The van der Waals surface area contributed by atoms with Gasteiger partial charge in [-0.15, -0.1) is 0 Å². The minimum atomic E-state index is -0.377. The number of carbonyl (C=O) groups excluding carboxylic acids is 2. The van der Waals surface area contributed by atoms with Crippen LogP contribution in [-0.4, -0.2) is 18.5 Å². The molecular weight excluding hydrogens is 170 g/mol. The summed E-state index contributed by atoms with van der Waals surface area (Å²) >= 11 is 0. The molecule has 72 valence electrons. The minimum Gasteiger partial charge on any atom is -0.463 e. The van der Waals surface area contributed by atoms with Gasteiger partial charge in [0.25, 0.3) is 0 Å². The molecule has 0 fully saturated rings. The van der Waals surface area contributed by atoms with Gasteiger partial charge >= 0.3 is 5.97 Å². The van der Waals surface area contributed by atoms with E-state index in [0.29, 0.717) is 24.3 Å². The monoisotopic (exact) mass is 183 g/mol. The highest BCUT2D eigenvalue weighted by atomic mass is 16.5. The van der Waals surface area contributed by atoms with E-state index in [9.17, 15) is 9.59 Å². The van der Waals surface area contributed by atoms with Gasteiger partial charge in [0.05, 0.1) is 18.6 Å². The zero-order valence-corrected chi connectivity index (χ0v) is 7.85. The fourth-order valence-electron chi connectivity index (χ4n) is 1.27. The van der Waals surface area contributed by atoms with E-state index in [0.717, 1.165) is 0 Å². The number of hydrogen-bond acceptors (Lipinski definition) is 3. The van der Waals surface area contributed by atoms with Gasteiger partial charge in [-0.2, -0.15) is 0 Å². The normalized spacial score (nSPS) is 16.0. The van der Waals surface area contributed by atoms with Crippen LogP contribution < -0.4 is 5.32 Å². The molecule has 1 aliphatic heterocycles. The van der Waals surface area contributed by atoms with Crippen molar-refractivity contribution >= 4 is 11.9 Å². The average molecular weight is 183 g/mol. The first-order valence-electron chi connectivity index (χ1n) is 4.38. The highest BCUT2D eigenvalue weighted by molar-refractivity contribution is 6.00. The predicted molar refractivity (Wildman–Crippen MR) is 46.7 cm³/mol. The van der Waals surface area contributed by atoms with Crippen molar-refractivity contribution in [3.63, 3.8) is 0 Å². The van der Waals surface area contributed by atoms with Crippen LogP contribution in [0.15, 0.2) is 11.3 Å². The molecule has 1 N–H and O–H groups in total. The Morgan fingerprint density at radius 1 is 1.54 bits per heavy atom. The fraction of sp³-hybridized carbons (Fsp3) is 0.556. The molecule has 1 heterocycles. The van der Waals surface area contributed by atoms with E-state index in [2.05, 4.69) is 5.32 Å². The Kier molecular flexibility index (Phi) is 3.06. The first-order valence-corrected chi connectivity index (χ1v) is 4.38. The summed E-state index contributed by atoms with van der Waals surface area (Å²) in [6.45, 7) is 3.97. The van der Waals surface area contributed by atoms with Crippen LogP contribution in [0.5, 0.6) is 0 Å². The molecule has 0 aliphatic carbocycles. The molecule has 0 aromatic rings. The molecule has 1 aliphatic rings. The van der Waals surface area contributed by atoms with Gasteiger partial charge in [0, 0.05) is 5.70 Å². The van der Waals surface area contributed by atoms with Crippen LogP contribution in [-0.2, 0) is 14.3 Å². The molecule has 0 saturated heterocycles. The summed E-state index contributed by atoms with van der Waals surface area (Å²) in [4.78, 5) is 22.3. The number of esters is 1. The van der Waals surface area contributed by atoms with Crippen LogP contribution in [0.25, 0.3) is 0 Å². The van der Waals surface area contributed by atoms with E-state index in [1.165, 1.54) is 0 Å². The summed E-state index contributed by atoms with van der Waals surface area (Å²) in [5.41, 5.74) is 1.18. The Balaban J connectivity index is 2.75. The first kappa shape index (κ1) is 9.77. The lowest BCUT2D eigenvalue weighted by Crippen LogP contribution is -2.14. The van der Waals surface area contributed by atoms with E-state index in [1.54, 1.807) is 6.92 Å². The molecule has 1 amide bonds. The molecule has 4 nitrogen and oxygen atoms in total. The van der Waals surface area contributed by atoms with Crippen LogP contribution in [0.3, 0.4) is 0 Å². The van der Waals surface area contributed by atoms with E-state index < -0.39 is 0 Å². The maximum atomic E-state index is 11.3. The third-order valence-corrected chi connectivity index (χ3v) is 1.87. The topological polar surface area (TPSA) is 55.4 Å². The van der Waals surface area contributed by atoms with Crippen molar-refractivity contribution in [3.8, 4) is 0 Å². The van der Waals surface area contributed by atoms with E-state index in [-0.39, 0.29) is 18.3 Å². The summed E-state index contributed by atoms with van der Waals surface area (Å²) in [6.07, 6.45) is 0.807. The summed E-state index contributed by atoms with van der Waals surface area (Å²) in [7, 11) is 0. The zero-order chi connectivity index (χ0) is 9.84. The Labute approximate surface area is 76.9 Å². The Morgan fingerprint density at radius 3 is 2.77 bits per heavy atom. The van der Waals surface area contributed by atoms with E-state index >= 15 is 0 Å². The Hall–Kier alpha value is -1.32. The molecule has 0 saturated carbocycles. The van der Waals surface area contributed by atoms with Crippen molar-refractivity contribution in [2.24, 2.45) is 0 Å². The SMILES string of the molecule is CCOC(=O)C1=C(CC)NC(=O)C1. The molecule has 13 heavy (non-hydrogen) atoms. The third kappa shape index (κ3) is 2.08. The highest BCUT2D eigenvalue weighted by Gasteiger charge is 2.25. The number of rotatable bonds is 3. The molecule has 0 spiro atoms. The lowest BCUT2D eigenvalue weighted by atomic mass is 10.1. The standard InChI is InChI=1S/C9H13NO3/c1-3-7-6(5-8(11)10-7)9(12)13-4-2/h3-5H2,1-2H3,(H,10,11). The number of hydrogen-bond donors (Lipinski definition) is 1. The second kappa shape index (κ2) is 4.07. The molecule has 0 aromatic heterocycles. The number of nitrogens with one attached hydrogen (secondary N) is 1. The van der Waals surface area contributed by atoms with Crippen molar-refractivity contribution in [1.82, 2.24) is 5.32 Å². The molecule has 4 heteroatoms. The van der Waals surface area contributed by atoms with E-state index in [1.807, 2.05) is 6.92 Å². The maximum Gasteiger partial charge on any atom is 0.336 e. The van der Waals surface area contributed by atoms with Crippen LogP contribution >= 0.6 is 0 Å². The van der Waals surface area contributed by atoms with Gasteiger partial charge in [-0.05, 0) is 13.3 Å². The second-order valence-corrected chi connectivity index (χ2v) is 2.76. The van der Waals surface area contributed by atoms with Gasteiger partial charge in [-0.1, -0.05) is 6.92 Å². The maximum absolute atomic E-state index is 11.3. The minimum absolute atomic E-state index is 0.125. The van der Waals surface area contributed by atoms with E-state index in [4.69, 9.17) is 4.74 Å². The van der Waals surface area contributed by atoms with Crippen molar-refractivity contribution < 1.29 is 14.3 Å². The fourth-order valence-corrected chi connectivity index (χ4v) is 1.27. The molecule has 0 unspecified atom stereocenters. The Bertz CT molecular complexity index is 268. The van der Waals surface area contributed by atoms with Gasteiger partial charge in [0.15, 0.2) is 0 Å². The molecule has 0 atom stereocenters. The van der Waals surface area contributed by atoms with Crippen LogP contribution in [0.1, 0.15) is 26.7 Å². The highest BCUT2D eigenvalue weighted by Crippen LogP contribution is 2.18. The smallest absolute Gasteiger partial charge is 0.336 e. The number of carbonyl (C=O) groups is 2. The molecule has 0 bridgehead atoms.